The summed E-state index contributed by atoms with van der Waals surface area (Å²) in [6.07, 6.45) is 0.783. The zero-order valence-corrected chi connectivity index (χ0v) is 18.3. The average molecular weight is 443 g/mol. The minimum Gasteiger partial charge on any atom is -0.337 e. The second-order valence-corrected chi connectivity index (χ2v) is 9.19. The van der Waals surface area contributed by atoms with E-state index in [9.17, 15) is 9.59 Å². The third kappa shape index (κ3) is 4.82. The molecule has 4 nitrogen and oxygen atoms in total. The van der Waals surface area contributed by atoms with Crippen molar-refractivity contribution in [3.8, 4) is 0 Å². The van der Waals surface area contributed by atoms with Gasteiger partial charge in [-0.05, 0) is 47.7 Å². The molecule has 0 spiro atoms. The normalized spacial score (nSPS) is 15.3. The van der Waals surface area contributed by atoms with Gasteiger partial charge in [0.2, 0.25) is 0 Å². The van der Waals surface area contributed by atoms with Crippen molar-refractivity contribution in [2.75, 3.05) is 26.2 Å². The molecule has 0 N–H and O–H groups in total. The van der Waals surface area contributed by atoms with Crippen molar-refractivity contribution >= 4 is 27.7 Å². The number of carbonyl (C=O) groups excluding carboxylic acids is 2. The number of carbonyl (C=O) groups is 2. The summed E-state index contributed by atoms with van der Waals surface area (Å²) in [4.78, 5) is 29.4. The largest absolute Gasteiger partial charge is 0.337 e. The Morgan fingerprint density at radius 3 is 1.93 bits per heavy atom. The Kier molecular flexibility index (Phi) is 6.23. The number of rotatable bonds is 2. The van der Waals surface area contributed by atoms with Gasteiger partial charge in [0, 0.05) is 41.8 Å². The van der Waals surface area contributed by atoms with E-state index in [1.165, 1.54) is 5.56 Å². The Hall–Kier alpha value is -2.14. The van der Waals surface area contributed by atoms with Gasteiger partial charge in [-0.1, -0.05) is 54.9 Å². The summed E-state index contributed by atoms with van der Waals surface area (Å²) in [6, 6.07) is 15.3. The molecule has 2 aromatic rings. The van der Waals surface area contributed by atoms with Gasteiger partial charge in [-0.15, -0.1) is 0 Å². The van der Waals surface area contributed by atoms with Crippen molar-refractivity contribution in [1.29, 1.82) is 0 Å². The Balaban J connectivity index is 1.66. The van der Waals surface area contributed by atoms with Crippen molar-refractivity contribution in [3.63, 3.8) is 0 Å². The van der Waals surface area contributed by atoms with Crippen LogP contribution in [0, 0.1) is 0 Å². The molecule has 3 rings (SSSR count). The Morgan fingerprint density at radius 1 is 0.821 bits per heavy atom. The van der Waals surface area contributed by atoms with Crippen LogP contribution in [-0.2, 0) is 5.41 Å². The molecule has 148 valence electrons. The maximum Gasteiger partial charge on any atom is 0.253 e. The first-order valence-corrected chi connectivity index (χ1v) is 10.5. The van der Waals surface area contributed by atoms with Crippen LogP contribution >= 0.6 is 15.9 Å². The molecule has 2 amide bonds. The zero-order chi connectivity index (χ0) is 20.3. The van der Waals surface area contributed by atoms with Gasteiger partial charge in [0.1, 0.15) is 0 Å². The van der Waals surface area contributed by atoms with Gasteiger partial charge in [0.25, 0.3) is 11.8 Å². The number of amides is 2. The van der Waals surface area contributed by atoms with Crippen LogP contribution in [0.1, 0.15) is 53.5 Å². The summed E-state index contributed by atoms with van der Waals surface area (Å²) in [5.41, 5.74) is 2.66. The highest BCUT2D eigenvalue weighted by Crippen LogP contribution is 2.23. The van der Waals surface area contributed by atoms with Gasteiger partial charge in [-0.2, -0.15) is 0 Å². The second-order valence-electron chi connectivity index (χ2n) is 8.28. The molecular weight excluding hydrogens is 416 g/mol. The maximum atomic E-state index is 12.9. The number of halogens is 1. The lowest BCUT2D eigenvalue weighted by molar-refractivity contribution is 0.0718. The predicted molar refractivity (Wildman–Crippen MR) is 116 cm³/mol. The van der Waals surface area contributed by atoms with Gasteiger partial charge in [0.15, 0.2) is 0 Å². The Morgan fingerprint density at radius 2 is 1.39 bits per heavy atom. The first kappa shape index (κ1) is 20.6. The highest BCUT2D eigenvalue weighted by atomic mass is 79.9. The third-order valence-electron chi connectivity index (χ3n) is 5.14. The van der Waals surface area contributed by atoms with Crippen LogP contribution in [0.2, 0.25) is 0 Å². The molecule has 0 unspecified atom stereocenters. The first-order chi connectivity index (χ1) is 13.3. The molecule has 1 saturated heterocycles. The molecule has 0 aliphatic carbocycles. The maximum absolute atomic E-state index is 12.9. The summed E-state index contributed by atoms with van der Waals surface area (Å²) in [5.74, 6) is 0.0577. The molecule has 1 heterocycles. The van der Waals surface area contributed by atoms with Crippen LogP contribution in [0.25, 0.3) is 0 Å². The molecule has 0 radical (unpaired) electrons. The first-order valence-electron chi connectivity index (χ1n) is 9.70. The fraction of sp³-hybridized carbons (Fsp3) is 0.391. The minimum absolute atomic E-state index is 0.0186. The summed E-state index contributed by atoms with van der Waals surface area (Å²) in [5, 5.41) is 0. The van der Waals surface area contributed by atoms with Gasteiger partial charge in [0.05, 0.1) is 0 Å². The van der Waals surface area contributed by atoms with Crippen molar-refractivity contribution in [3.05, 3.63) is 69.7 Å². The quantitative estimate of drug-likeness (QED) is 0.673. The van der Waals surface area contributed by atoms with E-state index in [2.05, 4.69) is 36.7 Å². The minimum atomic E-state index is 0.0186. The van der Waals surface area contributed by atoms with E-state index in [0.29, 0.717) is 37.3 Å². The van der Waals surface area contributed by atoms with E-state index in [4.69, 9.17) is 0 Å². The lowest BCUT2D eigenvalue weighted by Gasteiger charge is -2.23. The molecule has 1 fully saturated rings. The Labute approximate surface area is 175 Å². The lowest BCUT2D eigenvalue weighted by Crippen LogP contribution is -2.37. The van der Waals surface area contributed by atoms with Crippen LogP contribution in [0.3, 0.4) is 0 Å². The zero-order valence-electron chi connectivity index (χ0n) is 16.7. The number of hydrogen-bond acceptors (Lipinski definition) is 2. The molecule has 28 heavy (non-hydrogen) atoms. The fourth-order valence-corrected chi connectivity index (χ4v) is 3.82. The van der Waals surface area contributed by atoms with Crippen molar-refractivity contribution in [2.45, 2.75) is 32.6 Å². The molecular formula is C23H27BrN2O2. The number of benzene rings is 2. The molecule has 0 bridgehead atoms. The van der Waals surface area contributed by atoms with E-state index >= 15 is 0 Å². The van der Waals surface area contributed by atoms with E-state index in [1.54, 1.807) is 0 Å². The fourth-order valence-electron chi connectivity index (χ4n) is 3.42. The average Bonchev–Trinajstić information content (AvgIpc) is 2.92. The highest BCUT2D eigenvalue weighted by molar-refractivity contribution is 9.10. The molecule has 0 atom stereocenters. The number of nitrogens with zero attached hydrogens (tertiary/aromatic N) is 2. The molecule has 0 aromatic heterocycles. The third-order valence-corrected chi connectivity index (χ3v) is 5.63. The molecule has 2 aromatic carbocycles. The topological polar surface area (TPSA) is 40.6 Å². The highest BCUT2D eigenvalue weighted by Gasteiger charge is 2.24. The second kappa shape index (κ2) is 8.48. The van der Waals surface area contributed by atoms with E-state index < -0.39 is 0 Å². The van der Waals surface area contributed by atoms with Gasteiger partial charge < -0.3 is 9.80 Å². The number of hydrogen-bond donors (Lipinski definition) is 0. The van der Waals surface area contributed by atoms with Crippen molar-refractivity contribution in [1.82, 2.24) is 9.80 Å². The summed E-state index contributed by atoms with van der Waals surface area (Å²) in [7, 11) is 0. The van der Waals surface area contributed by atoms with E-state index in [1.807, 2.05) is 58.3 Å². The van der Waals surface area contributed by atoms with Crippen molar-refractivity contribution < 1.29 is 9.59 Å². The van der Waals surface area contributed by atoms with Crippen LogP contribution in [0.5, 0.6) is 0 Å². The van der Waals surface area contributed by atoms with Crippen molar-refractivity contribution in [2.24, 2.45) is 0 Å². The van der Waals surface area contributed by atoms with E-state index in [0.717, 1.165) is 10.9 Å². The smallest absolute Gasteiger partial charge is 0.253 e. The van der Waals surface area contributed by atoms with Crippen LogP contribution in [-0.4, -0.2) is 47.8 Å². The molecule has 5 heteroatoms. The molecule has 1 aliphatic heterocycles. The van der Waals surface area contributed by atoms with Gasteiger partial charge >= 0.3 is 0 Å². The summed E-state index contributed by atoms with van der Waals surface area (Å²) >= 11 is 3.42. The predicted octanol–water partition coefficient (Wildman–Crippen LogP) is 4.73. The van der Waals surface area contributed by atoms with E-state index in [-0.39, 0.29) is 17.2 Å². The monoisotopic (exact) mass is 442 g/mol. The lowest BCUT2D eigenvalue weighted by atomic mass is 9.86. The SMILES string of the molecule is CC(C)(C)c1ccc(C(=O)N2CCCN(C(=O)c3cccc(Br)c3)CC2)cc1. The van der Waals surface area contributed by atoms with Crippen LogP contribution < -0.4 is 0 Å². The van der Waals surface area contributed by atoms with Gasteiger partial charge in [-0.25, -0.2) is 0 Å². The standard InChI is InChI=1S/C23H27BrN2O2/c1-23(2,3)19-10-8-17(9-11-19)21(27)25-12-5-13-26(15-14-25)22(28)18-6-4-7-20(24)16-18/h4,6-11,16H,5,12-15H2,1-3H3. The van der Waals surface area contributed by atoms with Crippen LogP contribution in [0.15, 0.2) is 53.0 Å². The Bertz CT molecular complexity index is 856. The molecule has 1 aliphatic rings. The summed E-state index contributed by atoms with van der Waals surface area (Å²) in [6.45, 7) is 8.93. The molecule has 0 saturated carbocycles. The summed E-state index contributed by atoms with van der Waals surface area (Å²) < 4.78 is 0.892. The van der Waals surface area contributed by atoms with Crippen LogP contribution in [0.4, 0.5) is 0 Å². The van der Waals surface area contributed by atoms with Gasteiger partial charge in [-0.3, -0.25) is 9.59 Å².